The van der Waals surface area contributed by atoms with E-state index in [-0.39, 0.29) is 73.5 Å². The summed E-state index contributed by atoms with van der Waals surface area (Å²) in [4.78, 5) is 55.7. The van der Waals surface area contributed by atoms with Crippen molar-refractivity contribution in [1.82, 2.24) is 29.4 Å². The van der Waals surface area contributed by atoms with Crippen LogP contribution in [0.4, 0.5) is 58.4 Å². The Kier molecular flexibility index (Phi) is 11.8. The van der Waals surface area contributed by atoms with Gasteiger partial charge in [-0.05, 0) is 85.6 Å². The highest BCUT2D eigenvalue weighted by Crippen LogP contribution is 2.37. The van der Waals surface area contributed by atoms with Gasteiger partial charge in [0.15, 0.2) is 23.3 Å². The van der Waals surface area contributed by atoms with E-state index in [1.54, 1.807) is 53.4 Å². The van der Waals surface area contributed by atoms with Gasteiger partial charge in [0, 0.05) is 46.9 Å². The molecule has 6 amide bonds. The van der Waals surface area contributed by atoms with Crippen molar-refractivity contribution >= 4 is 63.9 Å². The Morgan fingerprint density at radius 3 is 1.64 bits per heavy atom. The second kappa shape index (κ2) is 17.8. The molecule has 6 aromatic rings. The highest BCUT2D eigenvalue weighted by atomic mass is 19.2. The number of aromatic nitrogens is 4. The molecular weight excluding hydrogens is 851 g/mol. The highest BCUT2D eigenvalue weighted by Gasteiger charge is 2.49. The number of carbonyl (C=O) groups excluding carboxylic acids is 4. The van der Waals surface area contributed by atoms with Crippen LogP contribution >= 0.6 is 0 Å². The molecule has 18 nitrogen and oxygen atoms in total. The van der Waals surface area contributed by atoms with Crippen LogP contribution < -0.4 is 32.3 Å². The van der Waals surface area contributed by atoms with Crippen molar-refractivity contribution in [2.75, 3.05) is 52.8 Å². The van der Waals surface area contributed by atoms with Crippen LogP contribution in [-0.2, 0) is 11.1 Å². The molecule has 0 saturated carbocycles. The fourth-order valence-electron chi connectivity index (χ4n) is 8.01. The average molecular weight is 893 g/mol. The second-order valence-electron chi connectivity index (χ2n) is 16.4. The van der Waals surface area contributed by atoms with Crippen LogP contribution in [-0.4, -0.2) is 79.4 Å². The fourth-order valence-corrected chi connectivity index (χ4v) is 8.01. The molecule has 2 aliphatic heterocycles. The Bertz CT molecular complexity index is 2920. The van der Waals surface area contributed by atoms with Crippen molar-refractivity contribution in [2.24, 2.45) is 5.73 Å². The lowest BCUT2D eigenvalue weighted by atomic mass is 9.87. The number of nitrogens with two attached hydrogens (primary N) is 1. The number of para-hydroxylation sites is 1. The molecule has 0 atom stereocenters. The lowest BCUT2D eigenvalue weighted by Crippen LogP contribution is -2.65. The number of nitriles is 2. The molecule has 2 saturated heterocycles. The zero-order chi connectivity index (χ0) is 46.8. The van der Waals surface area contributed by atoms with Crippen LogP contribution in [0.3, 0.4) is 0 Å². The van der Waals surface area contributed by atoms with E-state index in [1.807, 2.05) is 38.1 Å². The Morgan fingerprint density at radius 1 is 0.621 bits per heavy atom. The number of amides is 6. The summed E-state index contributed by atoms with van der Waals surface area (Å²) in [6.45, 7) is 4.24. The first-order valence-electron chi connectivity index (χ1n) is 20.6. The summed E-state index contributed by atoms with van der Waals surface area (Å²) >= 11 is 0. The van der Waals surface area contributed by atoms with E-state index in [9.17, 15) is 38.5 Å². The van der Waals surface area contributed by atoms with Crippen LogP contribution in [0, 0.1) is 48.1 Å². The van der Waals surface area contributed by atoms with E-state index in [1.165, 1.54) is 32.7 Å². The molecular formula is C46H42F2N14O4. The summed E-state index contributed by atoms with van der Waals surface area (Å²) < 4.78 is 30.2. The molecule has 66 heavy (non-hydrogen) atoms. The van der Waals surface area contributed by atoms with Crippen molar-refractivity contribution in [1.29, 1.82) is 10.5 Å². The first-order chi connectivity index (χ1) is 31.7. The van der Waals surface area contributed by atoms with Gasteiger partial charge in [-0.3, -0.25) is 19.0 Å². The smallest absolute Gasteiger partial charge is 0.322 e. The van der Waals surface area contributed by atoms with E-state index < -0.39 is 40.6 Å². The zero-order valence-corrected chi connectivity index (χ0v) is 35.6. The van der Waals surface area contributed by atoms with Gasteiger partial charge in [0.05, 0.1) is 51.2 Å². The summed E-state index contributed by atoms with van der Waals surface area (Å²) in [5.41, 5.74) is 8.24. The van der Waals surface area contributed by atoms with Crippen molar-refractivity contribution in [3.05, 3.63) is 137 Å². The number of nitrogens with zero attached hydrogens (tertiary/aromatic N) is 8. The number of rotatable bonds is 13. The maximum atomic E-state index is 14.0. The third-order valence-electron chi connectivity index (χ3n) is 11.3. The van der Waals surface area contributed by atoms with Crippen LogP contribution in [0.5, 0.6) is 0 Å². The zero-order valence-electron chi connectivity index (χ0n) is 35.6. The first kappa shape index (κ1) is 43.9. The predicted octanol–water partition coefficient (Wildman–Crippen LogP) is 7.13. The number of primary amides is 1. The predicted molar refractivity (Wildman–Crippen MR) is 240 cm³/mol. The van der Waals surface area contributed by atoms with Gasteiger partial charge >= 0.3 is 12.1 Å². The molecule has 0 unspecified atom stereocenters. The van der Waals surface area contributed by atoms with E-state index >= 15 is 0 Å². The molecule has 2 fully saturated rings. The molecule has 334 valence electrons. The van der Waals surface area contributed by atoms with Gasteiger partial charge in [0.2, 0.25) is 0 Å². The Balaban J connectivity index is 0.965. The number of anilines is 7. The quantitative estimate of drug-likeness (QED) is 0.0685. The summed E-state index contributed by atoms with van der Waals surface area (Å²) in [7, 11) is 0. The molecule has 0 spiro atoms. The summed E-state index contributed by atoms with van der Waals surface area (Å²) in [6, 6.07) is 27.7. The maximum absolute atomic E-state index is 14.0. The van der Waals surface area contributed by atoms with Crippen LogP contribution in [0.2, 0.25) is 0 Å². The Hall–Kier alpha value is -8.78. The number of hydrogen-bond donors (Lipinski definition) is 6. The van der Waals surface area contributed by atoms with Gasteiger partial charge in [0.1, 0.15) is 22.2 Å². The van der Waals surface area contributed by atoms with Crippen molar-refractivity contribution in [3.63, 3.8) is 0 Å². The minimum Gasteiger partial charge on any atom is -0.365 e. The minimum absolute atomic E-state index is 0.00651. The maximum Gasteiger partial charge on any atom is 0.322 e. The molecule has 2 aromatic heterocycles. The van der Waals surface area contributed by atoms with Gasteiger partial charge in [-0.25, -0.2) is 18.4 Å². The molecule has 2 aliphatic rings. The Labute approximate surface area is 376 Å². The van der Waals surface area contributed by atoms with E-state index in [4.69, 9.17) is 5.73 Å². The normalized spacial score (nSPS) is 14.4. The lowest BCUT2D eigenvalue weighted by Gasteiger charge is -2.48. The minimum atomic E-state index is -1.12. The molecule has 8 rings (SSSR count). The van der Waals surface area contributed by atoms with Crippen LogP contribution in [0.25, 0.3) is 0 Å². The summed E-state index contributed by atoms with van der Waals surface area (Å²) in [5, 5.41) is 43.5. The molecule has 0 radical (unpaired) electrons. The Morgan fingerprint density at radius 2 is 1.11 bits per heavy atom. The standard InChI is InChI=1S/C46H42F2N14O4/c1-28-18-29(2)20-34(19-28)56-44(66)60-24-45(25-60,14-16-49)61-22-35(39(51)63)40(57-61)53-31-8-10-32(11-9-31)54-42(64)36-23-62(58-41(36)52-30-6-4-3-5-7-30)46(15-17-50)26-59(27-46)43(65)55-33-12-13-37(47)38(48)21-33/h3-13,18-23H,14-15,24-27H2,1-2H3,(H2,51,63)(H,52,58)(H,53,57)(H,54,64)(H,55,65)(H,56,66). The summed E-state index contributed by atoms with van der Waals surface area (Å²) in [6.07, 6.45) is 2.90. The van der Waals surface area contributed by atoms with Gasteiger partial charge in [-0.15, -0.1) is 0 Å². The number of carbonyl (C=O) groups is 4. The fraction of sp³-hybridized carbons (Fsp3) is 0.217. The number of aryl methyl sites for hydroxylation is 2. The number of likely N-dealkylation sites (tertiary alicyclic amines) is 2. The molecule has 20 heteroatoms. The van der Waals surface area contributed by atoms with Crippen molar-refractivity contribution in [2.45, 2.75) is 37.8 Å². The number of urea groups is 2. The van der Waals surface area contributed by atoms with E-state index in [0.717, 1.165) is 23.3 Å². The lowest BCUT2D eigenvalue weighted by molar-refractivity contribution is 0.0401. The van der Waals surface area contributed by atoms with Crippen molar-refractivity contribution < 1.29 is 28.0 Å². The van der Waals surface area contributed by atoms with Crippen LogP contribution in [0.1, 0.15) is 44.7 Å². The van der Waals surface area contributed by atoms with Gasteiger partial charge < -0.3 is 42.1 Å². The monoisotopic (exact) mass is 892 g/mol. The van der Waals surface area contributed by atoms with Crippen LogP contribution in [0.15, 0.2) is 103 Å². The molecule has 4 aromatic carbocycles. The third kappa shape index (κ3) is 9.01. The van der Waals surface area contributed by atoms with E-state index in [2.05, 4.69) is 48.9 Å². The number of nitrogens with one attached hydrogen (secondary N) is 5. The summed E-state index contributed by atoms with van der Waals surface area (Å²) in [5.74, 6) is -3.18. The largest absolute Gasteiger partial charge is 0.365 e. The molecule has 0 bridgehead atoms. The topological polar surface area (TPSA) is 244 Å². The van der Waals surface area contributed by atoms with Crippen molar-refractivity contribution in [3.8, 4) is 12.1 Å². The SMILES string of the molecule is Cc1cc(C)cc(NC(=O)N2CC(CC#N)(n3cc(C(N)=O)c(Nc4ccc(NC(=O)c5cn(C6(CC#N)CN(C(=O)Nc7ccc(F)c(F)c7)C6)nc5Nc5ccccc5)cc4)n3)C2)c1. The molecule has 7 N–H and O–H groups in total. The van der Waals surface area contributed by atoms with E-state index in [0.29, 0.717) is 22.7 Å². The highest BCUT2D eigenvalue weighted by molar-refractivity contribution is 6.08. The first-order valence-corrected chi connectivity index (χ1v) is 20.6. The number of halogens is 2. The van der Waals surface area contributed by atoms with Gasteiger partial charge in [0.25, 0.3) is 11.8 Å². The van der Waals surface area contributed by atoms with Gasteiger partial charge in [-0.1, -0.05) is 24.3 Å². The molecule has 4 heterocycles. The second-order valence-corrected chi connectivity index (χ2v) is 16.4. The number of hydrogen-bond acceptors (Lipinski definition) is 10. The number of benzene rings is 4. The average Bonchev–Trinajstić information content (AvgIpc) is 3.87. The third-order valence-corrected chi connectivity index (χ3v) is 11.3. The molecule has 0 aliphatic carbocycles. The van der Waals surface area contributed by atoms with Gasteiger partial charge in [-0.2, -0.15) is 20.7 Å².